The number of carbonyl (C=O) groups is 1. The molecule has 0 amide bonds. The molecule has 0 radical (unpaired) electrons. The molecule has 0 N–H and O–H groups in total. The Morgan fingerprint density at radius 3 is 2.94 bits per heavy atom. The second kappa shape index (κ2) is 6.00. The predicted octanol–water partition coefficient (Wildman–Crippen LogP) is 1.81. The normalized spacial score (nSPS) is 22.9. The summed E-state index contributed by atoms with van der Waals surface area (Å²) in [6, 6.07) is 0. The molecule has 18 heavy (non-hydrogen) atoms. The highest BCUT2D eigenvalue weighted by molar-refractivity contribution is 5.90. The Balaban J connectivity index is 1.86. The van der Waals surface area contributed by atoms with Crippen LogP contribution in [0.15, 0.2) is 12.4 Å². The van der Waals surface area contributed by atoms with Crippen LogP contribution in [-0.4, -0.2) is 34.4 Å². The molecule has 1 aliphatic rings. The molecule has 0 saturated heterocycles. The summed E-state index contributed by atoms with van der Waals surface area (Å²) in [5.74, 6) is 0.848. The van der Waals surface area contributed by atoms with E-state index in [0.29, 0.717) is 18.8 Å². The van der Waals surface area contributed by atoms with Crippen LogP contribution in [0.5, 0.6) is 5.75 Å². The first-order valence-corrected chi connectivity index (χ1v) is 6.58. The number of aryl methyl sites for hydroxylation is 1. The number of nitrogens with zero attached hydrogens (tertiary/aromatic N) is 2. The van der Waals surface area contributed by atoms with Gasteiger partial charge in [-0.15, -0.1) is 0 Å². The molecule has 5 nitrogen and oxygen atoms in total. The average Bonchev–Trinajstić information content (AvgIpc) is 2.77. The van der Waals surface area contributed by atoms with Crippen LogP contribution in [-0.2, 0) is 16.1 Å². The van der Waals surface area contributed by atoms with E-state index in [9.17, 15) is 4.79 Å². The van der Waals surface area contributed by atoms with Gasteiger partial charge in [0.15, 0.2) is 17.6 Å². The minimum atomic E-state index is -0.389. The minimum absolute atomic E-state index is 0.134. The highest BCUT2D eigenvalue weighted by Crippen LogP contribution is 2.25. The zero-order valence-electron chi connectivity index (χ0n) is 11.0. The van der Waals surface area contributed by atoms with Gasteiger partial charge in [-0.1, -0.05) is 13.8 Å². The molecule has 1 aromatic rings. The fourth-order valence-electron chi connectivity index (χ4n) is 1.95. The van der Waals surface area contributed by atoms with E-state index < -0.39 is 0 Å². The van der Waals surface area contributed by atoms with Crippen molar-refractivity contribution in [3.05, 3.63) is 12.4 Å². The van der Waals surface area contributed by atoms with E-state index in [1.165, 1.54) is 0 Å². The Hall–Kier alpha value is -1.36. The summed E-state index contributed by atoms with van der Waals surface area (Å²) in [7, 11) is 0. The lowest BCUT2D eigenvalue weighted by atomic mass is 9.90. The lowest BCUT2D eigenvalue weighted by Crippen LogP contribution is -2.52. The van der Waals surface area contributed by atoms with Crippen molar-refractivity contribution >= 4 is 5.78 Å². The van der Waals surface area contributed by atoms with Gasteiger partial charge >= 0.3 is 0 Å². The van der Waals surface area contributed by atoms with Gasteiger partial charge in [-0.3, -0.25) is 9.48 Å². The fourth-order valence-corrected chi connectivity index (χ4v) is 1.95. The molecule has 5 heteroatoms. The number of Topliss-reactive ketones (excluding diaryl/α,β-unsaturated/α-hetero) is 1. The van der Waals surface area contributed by atoms with E-state index in [4.69, 9.17) is 9.47 Å². The Kier molecular flexibility index (Phi) is 4.36. The number of ether oxygens (including phenoxy) is 2. The molecule has 2 rings (SSSR count). The van der Waals surface area contributed by atoms with Gasteiger partial charge in [0.1, 0.15) is 6.10 Å². The lowest BCUT2D eigenvalue weighted by Gasteiger charge is -2.34. The predicted molar refractivity (Wildman–Crippen MR) is 66.6 cm³/mol. The minimum Gasteiger partial charge on any atom is -0.483 e. The highest BCUT2D eigenvalue weighted by atomic mass is 16.5. The van der Waals surface area contributed by atoms with Gasteiger partial charge in [-0.05, 0) is 12.8 Å². The van der Waals surface area contributed by atoms with E-state index in [2.05, 4.69) is 12.0 Å². The maximum Gasteiger partial charge on any atom is 0.169 e. The van der Waals surface area contributed by atoms with Crippen LogP contribution in [0.25, 0.3) is 0 Å². The number of ketones is 1. The quantitative estimate of drug-likeness (QED) is 0.742. The summed E-state index contributed by atoms with van der Waals surface area (Å²) in [6.45, 7) is 5.60. The summed E-state index contributed by atoms with van der Waals surface area (Å²) in [6.07, 6.45) is 5.39. The molecule has 0 aromatic carbocycles. The molecule has 2 unspecified atom stereocenters. The van der Waals surface area contributed by atoms with Gasteiger partial charge in [0.25, 0.3) is 0 Å². The third-order valence-corrected chi connectivity index (χ3v) is 2.91. The molecule has 1 fully saturated rings. The third kappa shape index (κ3) is 2.90. The monoisotopic (exact) mass is 252 g/mol. The summed E-state index contributed by atoms with van der Waals surface area (Å²) < 4.78 is 13.0. The van der Waals surface area contributed by atoms with Crippen molar-refractivity contribution in [2.45, 2.75) is 51.9 Å². The van der Waals surface area contributed by atoms with Crippen LogP contribution in [0.4, 0.5) is 0 Å². The molecule has 1 heterocycles. The Labute approximate surface area is 107 Å². The van der Waals surface area contributed by atoms with E-state index in [-0.39, 0.29) is 18.0 Å². The van der Waals surface area contributed by atoms with Gasteiger partial charge in [-0.25, -0.2) is 0 Å². The molecule has 0 bridgehead atoms. The van der Waals surface area contributed by atoms with E-state index >= 15 is 0 Å². The Morgan fingerprint density at radius 1 is 1.44 bits per heavy atom. The summed E-state index contributed by atoms with van der Waals surface area (Å²) in [5.41, 5.74) is 0. The van der Waals surface area contributed by atoms with Crippen LogP contribution >= 0.6 is 0 Å². The Bertz CT molecular complexity index is 403. The second-order valence-electron chi connectivity index (χ2n) is 4.56. The first-order valence-electron chi connectivity index (χ1n) is 6.58. The maximum absolute atomic E-state index is 11.4. The van der Waals surface area contributed by atoms with Crippen molar-refractivity contribution in [2.75, 3.05) is 6.61 Å². The van der Waals surface area contributed by atoms with Crippen molar-refractivity contribution < 1.29 is 14.3 Å². The number of aromatic nitrogens is 2. The molecule has 1 saturated carbocycles. The smallest absolute Gasteiger partial charge is 0.169 e. The number of carbonyl (C=O) groups excluding carboxylic acids is 1. The average molecular weight is 252 g/mol. The molecular formula is C13H20N2O3. The maximum atomic E-state index is 11.4. The van der Waals surface area contributed by atoms with Crippen LogP contribution in [0.3, 0.4) is 0 Å². The SMILES string of the molecule is CCCOC1C(=O)CC1Oc1cnn(CCC)c1. The van der Waals surface area contributed by atoms with Gasteiger partial charge in [-0.2, -0.15) is 5.10 Å². The van der Waals surface area contributed by atoms with Crippen molar-refractivity contribution in [3.63, 3.8) is 0 Å². The molecule has 1 aromatic heterocycles. The summed E-state index contributed by atoms with van der Waals surface area (Å²) >= 11 is 0. The van der Waals surface area contributed by atoms with Gasteiger partial charge in [0, 0.05) is 19.6 Å². The van der Waals surface area contributed by atoms with Crippen LogP contribution in [0.1, 0.15) is 33.1 Å². The first-order chi connectivity index (χ1) is 8.74. The van der Waals surface area contributed by atoms with E-state index in [1.54, 1.807) is 6.20 Å². The van der Waals surface area contributed by atoms with Crippen LogP contribution in [0.2, 0.25) is 0 Å². The van der Waals surface area contributed by atoms with Crippen molar-refractivity contribution in [1.29, 1.82) is 0 Å². The standard InChI is InChI=1S/C13H20N2O3/c1-3-5-15-9-10(8-14-15)18-12-7-11(16)13(12)17-6-4-2/h8-9,12-13H,3-7H2,1-2H3. The molecule has 0 spiro atoms. The summed E-state index contributed by atoms with van der Waals surface area (Å²) in [4.78, 5) is 11.4. The highest BCUT2D eigenvalue weighted by Gasteiger charge is 2.42. The van der Waals surface area contributed by atoms with Crippen LogP contribution in [0, 0.1) is 0 Å². The van der Waals surface area contributed by atoms with Crippen molar-refractivity contribution in [2.24, 2.45) is 0 Å². The zero-order chi connectivity index (χ0) is 13.0. The molecule has 100 valence electrons. The van der Waals surface area contributed by atoms with E-state index in [0.717, 1.165) is 19.4 Å². The number of hydrogen-bond acceptors (Lipinski definition) is 4. The van der Waals surface area contributed by atoms with Gasteiger partial charge in [0.2, 0.25) is 0 Å². The van der Waals surface area contributed by atoms with Gasteiger partial charge in [0.05, 0.1) is 12.4 Å². The lowest BCUT2D eigenvalue weighted by molar-refractivity contribution is -0.154. The first kappa shape index (κ1) is 13.1. The molecule has 0 aliphatic heterocycles. The number of rotatable bonds is 7. The van der Waals surface area contributed by atoms with Crippen molar-refractivity contribution in [1.82, 2.24) is 9.78 Å². The number of hydrogen-bond donors (Lipinski definition) is 0. The van der Waals surface area contributed by atoms with Crippen molar-refractivity contribution in [3.8, 4) is 5.75 Å². The molecular weight excluding hydrogens is 232 g/mol. The van der Waals surface area contributed by atoms with Gasteiger partial charge < -0.3 is 9.47 Å². The molecule has 1 aliphatic carbocycles. The van der Waals surface area contributed by atoms with Crippen LogP contribution < -0.4 is 4.74 Å². The largest absolute Gasteiger partial charge is 0.483 e. The third-order valence-electron chi connectivity index (χ3n) is 2.91. The molecule has 2 atom stereocenters. The fraction of sp³-hybridized carbons (Fsp3) is 0.692. The summed E-state index contributed by atoms with van der Waals surface area (Å²) in [5, 5.41) is 4.19. The second-order valence-corrected chi connectivity index (χ2v) is 4.56. The zero-order valence-corrected chi connectivity index (χ0v) is 11.0. The Morgan fingerprint density at radius 2 is 2.28 bits per heavy atom. The topological polar surface area (TPSA) is 53.4 Å². The van der Waals surface area contributed by atoms with E-state index in [1.807, 2.05) is 17.8 Å².